The molecule has 2 heterocycles. The predicted molar refractivity (Wildman–Crippen MR) is 225 cm³/mol. The molecular weight excluding hydrogens is 643 g/mol. The van der Waals surface area contributed by atoms with Crippen LogP contribution in [0.15, 0.2) is 173 Å². The third-order valence-corrected chi connectivity index (χ3v) is 11.3. The average Bonchev–Trinajstić information content (AvgIpc) is 3.51. The molecule has 0 N–H and O–H groups in total. The van der Waals surface area contributed by atoms with Gasteiger partial charge in [-0.3, -0.25) is 0 Å². The third kappa shape index (κ3) is 5.35. The van der Waals surface area contributed by atoms with Crippen molar-refractivity contribution in [1.29, 1.82) is 0 Å². The van der Waals surface area contributed by atoms with E-state index in [1.54, 1.807) is 0 Å². The second-order valence-corrected chi connectivity index (χ2v) is 14.6. The lowest BCUT2D eigenvalue weighted by molar-refractivity contribution is 0.765. The van der Waals surface area contributed by atoms with E-state index in [9.17, 15) is 0 Å². The quantitative estimate of drug-likeness (QED) is 0.173. The van der Waals surface area contributed by atoms with Crippen LogP contribution in [0.5, 0.6) is 0 Å². The lowest BCUT2D eigenvalue weighted by atomic mass is 9.72. The topological polar surface area (TPSA) is 29.6 Å². The Bertz CT molecular complexity index is 2870. The summed E-state index contributed by atoms with van der Waals surface area (Å²) in [5.41, 5.74) is 13.3. The molecule has 8 aromatic rings. The van der Waals surface area contributed by atoms with Crippen molar-refractivity contribution in [3.63, 3.8) is 0 Å². The molecule has 0 fully saturated rings. The van der Waals surface area contributed by atoms with E-state index in [0.29, 0.717) is 0 Å². The molecule has 53 heavy (non-hydrogen) atoms. The van der Waals surface area contributed by atoms with Crippen molar-refractivity contribution in [2.45, 2.75) is 33.1 Å². The summed E-state index contributed by atoms with van der Waals surface area (Å²) in [6, 6.07) is 55.0. The summed E-state index contributed by atoms with van der Waals surface area (Å²) in [7, 11) is 0. The number of aromatic nitrogens is 1. The SMILES string of the molecule is CC1=C(c2cc(-n3c4cc5ccccc5cc4c4ccc5ccccc5c43)ccc2C)C(C2=N/C(c3ccccc3)=C\CC/C(c3ccccc3)=N\2)C1. The van der Waals surface area contributed by atoms with Crippen LogP contribution in [-0.4, -0.2) is 16.1 Å². The highest BCUT2D eigenvalue weighted by molar-refractivity contribution is 6.21. The second kappa shape index (κ2) is 12.7. The Kier molecular flexibility index (Phi) is 7.54. The molecule has 1 aliphatic carbocycles. The Morgan fingerprint density at radius 1 is 0.585 bits per heavy atom. The molecule has 2 aliphatic rings. The van der Waals surface area contributed by atoms with Gasteiger partial charge in [0, 0.05) is 27.8 Å². The fourth-order valence-electron chi connectivity index (χ4n) is 8.61. The maximum absolute atomic E-state index is 5.45. The number of nitrogens with zero attached hydrogens (tertiary/aromatic N) is 3. The summed E-state index contributed by atoms with van der Waals surface area (Å²) < 4.78 is 2.50. The minimum Gasteiger partial charge on any atom is -0.309 e. The number of hydrogen-bond acceptors (Lipinski definition) is 2. The van der Waals surface area contributed by atoms with Gasteiger partial charge in [0.1, 0.15) is 5.84 Å². The first-order valence-corrected chi connectivity index (χ1v) is 18.7. The fourth-order valence-corrected chi connectivity index (χ4v) is 8.61. The monoisotopic (exact) mass is 681 g/mol. The molecule has 0 saturated heterocycles. The van der Waals surface area contributed by atoms with Crippen molar-refractivity contribution in [2.75, 3.05) is 0 Å². The molecule has 3 nitrogen and oxygen atoms in total. The molecule has 0 radical (unpaired) electrons. The number of aliphatic imine (C=N–C) groups is 2. The molecule has 1 unspecified atom stereocenters. The van der Waals surface area contributed by atoms with Crippen molar-refractivity contribution in [1.82, 2.24) is 4.57 Å². The standard InChI is InChI=1S/C50H39N3/c1-32-24-26-39(53-47-30-38-20-10-9-19-37(38)29-43(47)41-27-25-34-14-11-12-21-40(34)49(41)53)31-42(32)48-33(2)28-44(48)50-51-45(35-15-5-3-6-16-35)22-13-23-46(52-50)36-17-7-4-8-18-36/h3-12,14-22,24-27,29-31,44H,13,23,28H2,1-2H3/b45-22-,51-50-,52-46+. The van der Waals surface area contributed by atoms with Gasteiger partial charge in [-0.05, 0) is 101 Å². The van der Waals surface area contributed by atoms with Gasteiger partial charge in [0.05, 0.1) is 22.4 Å². The van der Waals surface area contributed by atoms with Crippen molar-refractivity contribution >= 4 is 66.2 Å². The van der Waals surface area contributed by atoms with E-state index in [1.165, 1.54) is 76.9 Å². The maximum Gasteiger partial charge on any atom is 0.137 e. The molecule has 10 rings (SSSR count). The van der Waals surface area contributed by atoms with Crippen LogP contribution in [0.4, 0.5) is 0 Å². The zero-order valence-electron chi connectivity index (χ0n) is 30.1. The van der Waals surface area contributed by atoms with E-state index in [-0.39, 0.29) is 5.92 Å². The van der Waals surface area contributed by atoms with Crippen molar-refractivity contribution in [2.24, 2.45) is 15.9 Å². The van der Waals surface area contributed by atoms with Crippen LogP contribution in [0.3, 0.4) is 0 Å². The van der Waals surface area contributed by atoms with Crippen LogP contribution in [0.1, 0.15) is 48.4 Å². The average molecular weight is 682 g/mol. The molecular formula is C50H39N3. The first-order valence-electron chi connectivity index (χ1n) is 18.7. The molecule has 7 aromatic carbocycles. The Hall–Kier alpha value is -6.32. The number of benzene rings is 7. The molecule has 0 saturated carbocycles. The summed E-state index contributed by atoms with van der Waals surface area (Å²) in [6.07, 6.45) is 5.00. The number of aryl methyl sites for hydroxylation is 1. The molecule has 1 aromatic heterocycles. The van der Waals surface area contributed by atoms with Crippen LogP contribution in [0.25, 0.3) is 60.3 Å². The van der Waals surface area contributed by atoms with E-state index >= 15 is 0 Å². The summed E-state index contributed by atoms with van der Waals surface area (Å²) in [5.74, 6) is 0.995. The van der Waals surface area contributed by atoms with Crippen LogP contribution < -0.4 is 0 Å². The molecule has 3 heteroatoms. The zero-order valence-corrected chi connectivity index (χ0v) is 30.1. The van der Waals surface area contributed by atoms with Crippen LogP contribution in [0.2, 0.25) is 0 Å². The lowest BCUT2D eigenvalue weighted by Crippen LogP contribution is -2.26. The number of fused-ring (bicyclic) bond motifs is 6. The normalized spacial score (nSPS) is 19.3. The Morgan fingerprint density at radius 2 is 1.28 bits per heavy atom. The van der Waals surface area contributed by atoms with E-state index in [2.05, 4.69) is 176 Å². The van der Waals surface area contributed by atoms with Gasteiger partial charge in [-0.2, -0.15) is 0 Å². The van der Waals surface area contributed by atoms with E-state index in [0.717, 1.165) is 42.1 Å². The van der Waals surface area contributed by atoms with E-state index in [4.69, 9.17) is 9.98 Å². The highest BCUT2D eigenvalue weighted by Crippen LogP contribution is 2.46. The number of allylic oxidation sites excluding steroid dienone is 2. The van der Waals surface area contributed by atoms with Gasteiger partial charge in [0.25, 0.3) is 0 Å². The lowest BCUT2D eigenvalue weighted by Gasteiger charge is -2.34. The largest absolute Gasteiger partial charge is 0.309 e. The highest BCUT2D eigenvalue weighted by atomic mass is 15.0. The van der Waals surface area contributed by atoms with E-state index in [1.807, 2.05) is 0 Å². The molecule has 254 valence electrons. The van der Waals surface area contributed by atoms with Gasteiger partial charge in [0.2, 0.25) is 0 Å². The number of rotatable bonds is 5. The van der Waals surface area contributed by atoms with Crippen molar-refractivity contribution < 1.29 is 0 Å². The smallest absolute Gasteiger partial charge is 0.137 e. The second-order valence-electron chi connectivity index (χ2n) is 14.6. The first kappa shape index (κ1) is 31.4. The number of amidine groups is 1. The molecule has 0 amide bonds. The van der Waals surface area contributed by atoms with Crippen molar-refractivity contribution in [3.8, 4) is 5.69 Å². The Labute approximate surface area is 310 Å². The van der Waals surface area contributed by atoms with Crippen LogP contribution in [-0.2, 0) is 0 Å². The minimum atomic E-state index is 0.0933. The Morgan fingerprint density at radius 3 is 2.06 bits per heavy atom. The summed E-state index contributed by atoms with van der Waals surface area (Å²) in [5, 5.41) is 7.56. The van der Waals surface area contributed by atoms with Gasteiger partial charge in [0.15, 0.2) is 0 Å². The number of hydrogen-bond donors (Lipinski definition) is 0. The molecule has 0 spiro atoms. The zero-order chi connectivity index (χ0) is 35.5. The van der Waals surface area contributed by atoms with Crippen LogP contribution in [0, 0.1) is 12.8 Å². The summed E-state index contributed by atoms with van der Waals surface area (Å²) in [6.45, 7) is 4.54. The van der Waals surface area contributed by atoms with Gasteiger partial charge < -0.3 is 4.57 Å². The van der Waals surface area contributed by atoms with Gasteiger partial charge in [-0.1, -0.05) is 139 Å². The van der Waals surface area contributed by atoms with Crippen molar-refractivity contribution in [3.05, 3.63) is 186 Å². The molecule has 1 atom stereocenters. The Balaban J connectivity index is 1.16. The first-order chi connectivity index (χ1) is 26.1. The third-order valence-electron chi connectivity index (χ3n) is 11.3. The predicted octanol–water partition coefficient (Wildman–Crippen LogP) is 12.9. The molecule has 1 aliphatic heterocycles. The van der Waals surface area contributed by atoms with Gasteiger partial charge in [-0.25, -0.2) is 9.98 Å². The minimum absolute atomic E-state index is 0.0933. The van der Waals surface area contributed by atoms with Gasteiger partial charge >= 0.3 is 0 Å². The highest BCUT2D eigenvalue weighted by Gasteiger charge is 2.34. The summed E-state index contributed by atoms with van der Waals surface area (Å²) >= 11 is 0. The van der Waals surface area contributed by atoms with Gasteiger partial charge in [-0.15, -0.1) is 0 Å². The van der Waals surface area contributed by atoms with Crippen LogP contribution >= 0.6 is 0 Å². The molecule has 0 bridgehead atoms. The van der Waals surface area contributed by atoms with E-state index < -0.39 is 0 Å². The maximum atomic E-state index is 5.45. The fraction of sp³-hybridized carbons (Fsp3) is 0.120. The summed E-state index contributed by atoms with van der Waals surface area (Å²) in [4.78, 5) is 10.9.